The Morgan fingerprint density at radius 3 is 2.15 bits per heavy atom. The van der Waals surface area contributed by atoms with E-state index in [1.165, 1.54) is 29.5 Å². The zero-order valence-electron chi connectivity index (χ0n) is 15.1. The van der Waals surface area contributed by atoms with Crippen LogP contribution in [0.25, 0.3) is 11.1 Å². The zero-order chi connectivity index (χ0) is 17.6. The molecule has 1 aliphatic heterocycles. The minimum atomic E-state index is 0.504. The van der Waals surface area contributed by atoms with Gasteiger partial charge in [0.15, 0.2) is 0 Å². The summed E-state index contributed by atoms with van der Waals surface area (Å²) in [5.74, 6) is 0.955. The fourth-order valence-electron chi connectivity index (χ4n) is 3.68. The van der Waals surface area contributed by atoms with E-state index < -0.39 is 0 Å². The van der Waals surface area contributed by atoms with Gasteiger partial charge < -0.3 is 4.74 Å². The first-order valence-electron chi connectivity index (χ1n) is 9.45. The second-order valence-electron chi connectivity index (χ2n) is 6.95. The minimum Gasteiger partial charge on any atom is -0.492 e. The summed E-state index contributed by atoms with van der Waals surface area (Å²) in [7, 11) is 0. The molecule has 0 aliphatic carbocycles. The van der Waals surface area contributed by atoms with Crippen LogP contribution in [0.1, 0.15) is 18.4 Å². The Morgan fingerprint density at radius 2 is 1.42 bits per heavy atom. The van der Waals surface area contributed by atoms with Gasteiger partial charge in [0.2, 0.25) is 0 Å². The lowest BCUT2D eigenvalue weighted by atomic mass is 10.1. The summed E-state index contributed by atoms with van der Waals surface area (Å²) in [6.45, 7) is 2.94. The van der Waals surface area contributed by atoms with Gasteiger partial charge in [-0.3, -0.25) is 4.90 Å². The second-order valence-corrected chi connectivity index (χ2v) is 6.95. The molecule has 0 radical (unpaired) electrons. The van der Waals surface area contributed by atoms with Crippen LogP contribution in [0.4, 0.5) is 0 Å². The molecule has 2 heteroatoms. The topological polar surface area (TPSA) is 12.5 Å². The van der Waals surface area contributed by atoms with Gasteiger partial charge in [-0.25, -0.2) is 0 Å². The number of benzene rings is 3. The predicted octanol–water partition coefficient (Wildman–Crippen LogP) is 5.40. The van der Waals surface area contributed by atoms with Crippen LogP contribution in [0.3, 0.4) is 0 Å². The molecule has 0 unspecified atom stereocenters. The molecule has 0 saturated carbocycles. The van der Waals surface area contributed by atoms with Crippen molar-refractivity contribution in [2.75, 3.05) is 13.2 Å². The van der Waals surface area contributed by atoms with Crippen molar-refractivity contribution in [1.29, 1.82) is 0 Å². The molecule has 2 nitrogen and oxygen atoms in total. The maximum atomic E-state index is 6.11. The second kappa shape index (κ2) is 8.20. The van der Waals surface area contributed by atoms with Gasteiger partial charge in [0, 0.05) is 12.6 Å². The monoisotopic (exact) mass is 343 g/mol. The van der Waals surface area contributed by atoms with Gasteiger partial charge in [-0.15, -0.1) is 0 Å². The summed E-state index contributed by atoms with van der Waals surface area (Å²) in [4.78, 5) is 2.55. The number of likely N-dealkylation sites (tertiary alicyclic amines) is 1. The van der Waals surface area contributed by atoms with E-state index in [4.69, 9.17) is 4.74 Å². The summed E-state index contributed by atoms with van der Waals surface area (Å²) in [6, 6.07) is 30.1. The molecule has 1 saturated heterocycles. The molecule has 1 atom stereocenters. The number of hydrogen-bond acceptors (Lipinski definition) is 2. The zero-order valence-corrected chi connectivity index (χ0v) is 15.1. The normalized spacial score (nSPS) is 17.3. The van der Waals surface area contributed by atoms with Crippen molar-refractivity contribution in [2.45, 2.75) is 25.4 Å². The molecule has 1 fully saturated rings. The fourth-order valence-corrected chi connectivity index (χ4v) is 3.68. The van der Waals surface area contributed by atoms with Crippen molar-refractivity contribution in [2.24, 2.45) is 0 Å². The molecule has 3 aromatic carbocycles. The Morgan fingerprint density at radius 1 is 0.769 bits per heavy atom. The van der Waals surface area contributed by atoms with Crippen molar-refractivity contribution < 1.29 is 4.74 Å². The SMILES string of the molecule is c1ccc(CN2CCC[C@H]2COc2ccc(-c3ccccc3)cc2)cc1. The van der Waals surface area contributed by atoms with Crippen LogP contribution in [-0.2, 0) is 6.54 Å². The molecule has 0 aromatic heterocycles. The van der Waals surface area contributed by atoms with Crippen LogP contribution in [0.15, 0.2) is 84.9 Å². The molecule has 3 aromatic rings. The molecule has 132 valence electrons. The van der Waals surface area contributed by atoms with Crippen LogP contribution < -0.4 is 4.74 Å². The van der Waals surface area contributed by atoms with Crippen LogP contribution in [0.5, 0.6) is 5.75 Å². The Hall–Kier alpha value is -2.58. The number of ether oxygens (including phenoxy) is 1. The molecule has 1 aliphatic rings. The standard InChI is InChI=1S/C24H25NO/c1-3-8-20(9-4-1)18-25-17-7-12-23(25)19-26-24-15-13-22(14-16-24)21-10-5-2-6-11-21/h1-6,8-11,13-16,23H,7,12,17-19H2/t23-/m0/s1. The van der Waals surface area contributed by atoms with Gasteiger partial charge in [0.1, 0.15) is 12.4 Å². The Bertz CT molecular complexity index is 799. The highest BCUT2D eigenvalue weighted by atomic mass is 16.5. The largest absolute Gasteiger partial charge is 0.492 e. The maximum absolute atomic E-state index is 6.11. The third-order valence-electron chi connectivity index (χ3n) is 5.13. The molecular formula is C24H25NO. The van der Waals surface area contributed by atoms with E-state index in [1.54, 1.807) is 0 Å². The lowest BCUT2D eigenvalue weighted by Crippen LogP contribution is -2.33. The van der Waals surface area contributed by atoms with E-state index in [0.717, 1.165) is 25.4 Å². The lowest BCUT2D eigenvalue weighted by Gasteiger charge is -2.24. The summed E-state index contributed by atoms with van der Waals surface area (Å²) in [5, 5.41) is 0. The van der Waals surface area contributed by atoms with E-state index in [1.807, 2.05) is 6.07 Å². The molecule has 4 rings (SSSR count). The fraction of sp³-hybridized carbons (Fsp3) is 0.250. The average Bonchev–Trinajstić information content (AvgIpc) is 3.15. The summed E-state index contributed by atoms with van der Waals surface area (Å²) in [5.41, 5.74) is 3.85. The van der Waals surface area contributed by atoms with E-state index >= 15 is 0 Å². The molecule has 0 bridgehead atoms. The van der Waals surface area contributed by atoms with Gasteiger partial charge in [0.05, 0.1) is 0 Å². The summed E-state index contributed by atoms with van der Waals surface area (Å²) >= 11 is 0. The van der Waals surface area contributed by atoms with Crippen molar-refractivity contribution in [3.63, 3.8) is 0 Å². The van der Waals surface area contributed by atoms with Gasteiger partial charge in [-0.2, -0.15) is 0 Å². The molecular weight excluding hydrogens is 318 g/mol. The van der Waals surface area contributed by atoms with Crippen molar-refractivity contribution in [3.05, 3.63) is 90.5 Å². The van der Waals surface area contributed by atoms with Crippen LogP contribution >= 0.6 is 0 Å². The van der Waals surface area contributed by atoms with Crippen molar-refractivity contribution in [3.8, 4) is 16.9 Å². The number of nitrogens with zero attached hydrogens (tertiary/aromatic N) is 1. The van der Waals surface area contributed by atoms with E-state index in [0.29, 0.717) is 6.04 Å². The lowest BCUT2D eigenvalue weighted by molar-refractivity contribution is 0.167. The van der Waals surface area contributed by atoms with Gasteiger partial charge in [0.25, 0.3) is 0 Å². The first kappa shape index (κ1) is 16.9. The number of hydrogen-bond donors (Lipinski definition) is 0. The summed E-state index contributed by atoms with van der Waals surface area (Å²) in [6.07, 6.45) is 2.47. The van der Waals surface area contributed by atoms with E-state index in [2.05, 4.69) is 83.8 Å². The molecule has 0 amide bonds. The number of rotatable bonds is 6. The molecule has 1 heterocycles. The third kappa shape index (κ3) is 4.14. The highest BCUT2D eigenvalue weighted by Gasteiger charge is 2.25. The van der Waals surface area contributed by atoms with Gasteiger partial charge >= 0.3 is 0 Å². The Labute approximate surface area is 156 Å². The first-order valence-corrected chi connectivity index (χ1v) is 9.45. The third-order valence-corrected chi connectivity index (χ3v) is 5.13. The molecule has 0 spiro atoms. The molecule has 0 N–H and O–H groups in total. The quantitative estimate of drug-likeness (QED) is 0.594. The van der Waals surface area contributed by atoms with Gasteiger partial charge in [-0.05, 0) is 48.2 Å². The maximum Gasteiger partial charge on any atom is 0.119 e. The van der Waals surface area contributed by atoms with Crippen LogP contribution in [-0.4, -0.2) is 24.1 Å². The van der Waals surface area contributed by atoms with Crippen molar-refractivity contribution in [1.82, 2.24) is 4.90 Å². The average molecular weight is 343 g/mol. The predicted molar refractivity (Wildman–Crippen MR) is 107 cm³/mol. The summed E-state index contributed by atoms with van der Waals surface area (Å²) < 4.78 is 6.11. The highest BCUT2D eigenvalue weighted by molar-refractivity contribution is 5.63. The van der Waals surface area contributed by atoms with E-state index in [-0.39, 0.29) is 0 Å². The smallest absolute Gasteiger partial charge is 0.119 e. The van der Waals surface area contributed by atoms with Crippen LogP contribution in [0.2, 0.25) is 0 Å². The first-order chi connectivity index (χ1) is 12.9. The van der Waals surface area contributed by atoms with E-state index in [9.17, 15) is 0 Å². The van der Waals surface area contributed by atoms with Gasteiger partial charge in [-0.1, -0.05) is 72.8 Å². The van der Waals surface area contributed by atoms with Crippen LogP contribution in [0, 0.1) is 0 Å². The molecule has 26 heavy (non-hydrogen) atoms. The van der Waals surface area contributed by atoms with Crippen molar-refractivity contribution >= 4 is 0 Å². The Kier molecular flexibility index (Phi) is 5.32. The minimum absolute atomic E-state index is 0.504. The Balaban J connectivity index is 1.34. The highest BCUT2D eigenvalue weighted by Crippen LogP contribution is 2.24.